The molecule has 1 aliphatic heterocycles. The minimum Gasteiger partial charge on any atom is -0.394 e. The molecule has 0 aliphatic carbocycles. The van der Waals surface area contributed by atoms with Gasteiger partial charge in [0.2, 0.25) is 5.91 Å². The second kappa shape index (κ2) is 8.67. The average molecular weight is 443 g/mol. The lowest BCUT2D eigenvalue weighted by Crippen LogP contribution is -2.37. The number of nitrogens with one attached hydrogen (secondary N) is 3. The number of hydrogen-bond donors (Lipinski definition) is 4. The van der Waals surface area contributed by atoms with Crippen molar-refractivity contribution < 1.29 is 23.5 Å². The number of aliphatic hydroxyl groups is 1. The van der Waals surface area contributed by atoms with Gasteiger partial charge in [-0.1, -0.05) is 6.07 Å². The van der Waals surface area contributed by atoms with Crippen LogP contribution < -0.4 is 16.0 Å². The van der Waals surface area contributed by atoms with Gasteiger partial charge in [-0.3, -0.25) is 14.3 Å². The highest BCUT2D eigenvalue weighted by atomic mass is 19.1. The molecule has 3 aromatic rings. The SMILES string of the molecule is CC(CO)NC(=O)Cn1cc(Nc2nc(-c3c(F)cccc3F)nc3c2C(=O)NC3)cn1. The van der Waals surface area contributed by atoms with Crippen molar-refractivity contribution in [2.24, 2.45) is 0 Å². The molecule has 4 N–H and O–H groups in total. The number of nitrogens with zero attached hydrogens (tertiary/aromatic N) is 4. The number of rotatable bonds is 7. The smallest absolute Gasteiger partial charge is 0.257 e. The van der Waals surface area contributed by atoms with Gasteiger partial charge >= 0.3 is 0 Å². The maximum atomic E-state index is 14.3. The number of carbonyl (C=O) groups excluding carboxylic acids is 2. The number of aromatic nitrogens is 4. The van der Waals surface area contributed by atoms with Crippen LogP contribution in [0.5, 0.6) is 0 Å². The Balaban J connectivity index is 1.63. The fourth-order valence-corrected chi connectivity index (χ4v) is 3.20. The summed E-state index contributed by atoms with van der Waals surface area (Å²) in [5, 5.41) is 21.2. The molecule has 0 radical (unpaired) electrons. The number of halogens is 2. The molecule has 166 valence electrons. The van der Waals surface area contributed by atoms with Crippen LogP contribution >= 0.6 is 0 Å². The summed E-state index contributed by atoms with van der Waals surface area (Å²) in [6.07, 6.45) is 2.92. The van der Waals surface area contributed by atoms with Gasteiger partial charge in [0.05, 0.1) is 36.3 Å². The molecule has 1 aliphatic rings. The Morgan fingerprint density at radius 1 is 1.28 bits per heavy atom. The van der Waals surface area contributed by atoms with Gasteiger partial charge in [0.15, 0.2) is 5.82 Å². The minimum atomic E-state index is -0.830. The predicted molar refractivity (Wildman–Crippen MR) is 109 cm³/mol. The molecule has 0 saturated carbocycles. The summed E-state index contributed by atoms with van der Waals surface area (Å²) in [5.41, 5.74) is 0.458. The Morgan fingerprint density at radius 2 is 2.03 bits per heavy atom. The summed E-state index contributed by atoms with van der Waals surface area (Å²) in [6.45, 7) is 1.46. The van der Waals surface area contributed by atoms with Gasteiger partial charge in [-0.15, -0.1) is 0 Å². The van der Waals surface area contributed by atoms with Crippen LogP contribution in [0.4, 0.5) is 20.3 Å². The van der Waals surface area contributed by atoms with Gasteiger partial charge < -0.3 is 21.1 Å². The Labute approximate surface area is 180 Å². The number of fused-ring (bicyclic) bond motifs is 1. The third kappa shape index (κ3) is 4.25. The van der Waals surface area contributed by atoms with Crippen molar-refractivity contribution in [1.82, 2.24) is 30.4 Å². The number of amides is 2. The lowest BCUT2D eigenvalue weighted by atomic mass is 10.1. The Morgan fingerprint density at radius 3 is 2.75 bits per heavy atom. The molecule has 1 aromatic carbocycles. The van der Waals surface area contributed by atoms with E-state index in [2.05, 4.69) is 31.0 Å². The highest BCUT2D eigenvalue weighted by molar-refractivity contribution is 6.03. The van der Waals surface area contributed by atoms with Crippen molar-refractivity contribution in [3.8, 4) is 11.4 Å². The topological polar surface area (TPSA) is 134 Å². The van der Waals surface area contributed by atoms with Crippen molar-refractivity contribution in [2.75, 3.05) is 11.9 Å². The Hall–Kier alpha value is -3.93. The number of anilines is 2. The van der Waals surface area contributed by atoms with Crippen molar-refractivity contribution >= 4 is 23.3 Å². The molecule has 32 heavy (non-hydrogen) atoms. The Kier molecular flexibility index (Phi) is 5.77. The van der Waals surface area contributed by atoms with E-state index >= 15 is 0 Å². The van der Waals surface area contributed by atoms with Gasteiger partial charge in [0.25, 0.3) is 5.91 Å². The van der Waals surface area contributed by atoms with Gasteiger partial charge in [-0.25, -0.2) is 18.7 Å². The molecule has 1 unspecified atom stereocenters. The van der Waals surface area contributed by atoms with Crippen LogP contribution in [0.3, 0.4) is 0 Å². The number of aliphatic hydroxyl groups excluding tert-OH is 1. The monoisotopic (exact) mass is 443 g/mol. The molecule has 0 bridgehead atoms. The van der Waals surface area contributed by atoms with Crippen LogP contribution in [0, 0.1) is 11.6 Å². The first-order valence-electron chi connectivity index (χ1n) is 9.69. The number of hydrogen-bond acceptors (Lipinski definition) is 7. The second-order valence-corrected chi connectivity index (χ2v) is 7.20. The summed E-state index contributed by atoms with van der Waals surface area (Å²) in [6, 6.07) is 3.03. The number of benzene rings is 1. The largest absolute Gasteiger partial charge is 0.394 e. The molecule has 4 rings (SSSR count). The van der Waals surface area contributed by atoms with Crippen molar-refractivity contribution in [3.63, 3.8) is 0 Å². The first-order chi connectivity index (χ1) is 15.4. The fourth-order valence-electron chi connectivity index (χ4n) is 3.20. The standard InChI is InChI=1S/C20H19F2N7O3/c1-10(9-30)25-15(31)8-29-7-11(5-24-29)26-19-17-14(6-23-20(17)32)27-18(28-19)16-12(21)3-2-4-13(16)22/h2-5,7,10,30H,6,8-9H2,1H3,(H,23,32)(H,25,31)(H,26,27,28). The summed E-state index contributed by atoms with van der Waals surface area (Å²) < 4.78 is 29.9. The van der Waals surface area contributed by atoms with Crippen LogP contribution in [-0.4, -0.2) is 49.3 Å². The van der Waals surface area contributed by atoms with E-state index in [9.17, 15) is 18.4 Å². The molecule has 3 heterocycles. The lowest BCUT2D eigenvalue weighted by Gasteiger charge is -2.11. The zero-order valence-corrected chi connectivity index (χ0v) is 16.9. The van der Waals surface area contributed by atoms with Crippen molar-refractivity contribution in [2.45, 2.75) is 26.1 Å². The molecule has 2 aromatic heterocycles. The van der Waals surface area contributed by atoms with Crippen LogP contribution in [0.2, 0.25) is 0 Å². The van der Waals surface area contributed by atoms with Gasteiger partial charge in [0.1, 0.15) is 29.6 Å². The van der Waals surface area contributed by atoms with E-state index in [0.717, 1.165) is 12.1 Å². The molecule has 10 nitrogen and oxygen atoms in total. The number of carbonyl (C=O) groups is 2. The third-order valence-corrected chi connectivity index (χ3v) is 4.70. The highest BCUT2D eigenvalue weighted by Gasteiger charge is 2.28. The third-order valence-electron chi connectivity index (χ3n) is 4.70. The van der Waals surface area contributed by atoms with Crippen molar-refractivity contribution in [1.29, 1.82) is 0 Å². The zero-order chi connectivity index (χ0) is 22.8. The second-order valence-electron chi connectivity index (χ2n) is 7.20. The van der Waals surface area contributed by atoms with Crippen molar-refractivity contribution in [3.05, 3.63) is 53.5 Å². The van der Waals surface area contributed by atoms with Gasteiger partial charge in [-0.05, 0) is 19.1 Å². The minimum absolute atomic E-state index is 0.0561. The average Bonchev–Trinajstić information content (AvgIpc) is 3.34. The van der Waals surface area contributed by atoms with E-state index in [0.29, 0.717) is 11.4 Å². The zero-order valence-electron chi connectivity index (χ0n) is 16.9. The van der Waals surface area contributed by atoms with E-state index in [1.54, 1.807) is 6.92 Å². The molecular weight excluding hydrogens is 424 g/mol. The molecule has 12 heteroatoms. The fraction of sp³-hybridized carbons (Fsp3) is 0.250. The van der Waals surface area contributed by atoms with Crippen LogP contribution in [0.25, 0.3) is 11.4 Å². The van der Waals surface area contributed by atoms with E-state index < -0.39 is 29.1 Å². The lowest BCUT2D eigenvalue weighted by molar-refractivity contribution is -0.122. The van der Waals surface area contributed by atoms with Crippen LogP contribution in [0.15, 0.2) is 30.6 Å². The quantitative estimate of drug-likeness (QED) is 0.430. The molecular formula is C20H19F2N7O3. The molecule has 0 spiro atoms. The summed E-state index contributed by atoms with van der Waals surface area (Å²) in [5.74, 6) is -2.58. The molecule has 1 atom stereocenters. The van der Waals surface area contributed by atoms with E-state index in [1.807, 2.05) is 0 Å². The molecule has 2 amide bonds. The van der Waals surface area contributed by atoms with E-state index in [4.69, 9.17) is 5.11 Å². The maximum Gasteiger partial charge on any atom is 0.257 e. The normalized spacial score (nSPS) is 13.4. The van der Waals surface area contributed by atoms with Crippen LogP contribution in [-0.2, 0) is 17.9 Å². The van der Waals surface area contributed by atoms with Gasteiger partial charge in [-0.2, -0.15) is 5.10 Å². The first kappa shape index (κ1) is 21.3. The summed E-state index contributed by atoms with van der Waals surface area (Å²) in [4.78, 5) is 32.6. The van der Waals surface area contributed by atoms with E-state index in [1.165, 1.54) is 23.1 Å². The van der Waals surface area contributed by atoms with Crippen LogP contribution in [0.1, 0.15) is 23.0 Å². The molecule has 0 fully saturated rings. The first-order valence-corrected chi connectivity index (χ1v) is 9.69. The Bertz CT molecular complexity index is 1180. The summed E-state index contributed by atoms with van der Waals surface area (Å²) >= 11 is 0. The predicted octanol–water partition coefficient (Wildman–Crippen LogP) is 1.10. The highest BCUT2D eigenvalue weighted by Crippen LogP contribution is 2.30. The van der Waals surface area contributed by atoms with E-state index in [-0.39, 0.29) is 42.8 Å². The summed E-state index contributed by atoms with van der Waals surface area (Å²) in [7, 11) is 0. The maximum absolute atomic E-state index is 14.3. The molecule has 0 saturated heterocycles. The van der Waals surface area contributed by atoms with Gasteiger partial charge in [0, 0.05) is 12.2 Å².